The molecule has 0 saturated carbocycles. The molecule has 7 heteroatoms. The van der Waals surface area contributed by atoms with Crippen molar-refractivity contribution in [3.8, 4) is 11.4 Å². The van der Waals surface area contributed by atoms with Gasteiger partial charge in [0, 0.05) is 37.4 Å². The maximum Gasteiger partial charge on any atom is 0.170 e. The van der Waals surface area contributed by atoms with Gasteiger partial charge < -0.3 is 24.3 Å². The molecule has 4 rings (SSSR count). The Morgan fingerprint density at radius 1 is 1.07 bits per heavy atom. The van der Waals surface area contributed by atoms with Crippen molar-refractivity contribution in [1.29, 1.82) is 0 Å². The summed E-state index contributed by atoms with van der Waals surface area (Å²) in [5, 5.41) is 4.18. The first-order valence-electron chi connectivity index (χ1n) is 9.51. The second-order valence-corrected chi connectivity index (χ2v) is 7.20. The summed E-state index contributed by atoms with van der Waals surface area (Å²) in [7, 11) is 3.38. The van der Waals surface area contributed by atoms with E-state index in [1.165, 1.54) is 0 Å². The Hall–Kier alpha value is -2.90. The fourth-order valence-electron chi connectivity index (χ4n) is 3.77. The third kappa shape index (κ3) is 3.83. The molecular formula is C22H24N4O2S. The smallest absolute Gasteiger partial charge is 0.170 e. The van der Waals surface area contributed by atoms with Crippen LogP contribution in [0.15, 0.2) is 67.0 Å². The Bertz CT molecular complexity index is 958. The number of nitrogens with zero attached hydrogens (tertiary/aromatic N) is 3. The third-order valence-corrected chi connectivity index (χ3v) is 5.52. The van der Waals surface area contributed by atoms with Crippen molar-refractivity contribution in [3.05, 3.63) is 78.4 Å². The average Bonchev–Trinajstić information content (AvgIpc) is 3.37. The van der Waals surface area contributed by atoms with Gasteiger partial charge in [0.1, 0.15) is 5.75 Å². The first kappa shape index (κ1) is 19.4. The molecule has 0 bridgehead atoms. The molecule has 2 atom stereocenters. The molecule has 2 aromatic heterocycles. The lowest BCUT2D eigenvalue weighted by molar-refractivity contribution is 0.163. The number of methoxy groups -OCH3 is 2. The minimum Gasteiger partial charge on any atom is -0.497 e. The van der Waals surface area contributed by atoms with Gasteiger partial charge in [0.05, 0.1) is 31.5 Å². The van der Waals surface area contributed by atoms with Crippen molar-refractivity contribution >= 4 is 17.3 Å². The van der Waals surface area contributed by atoms with Gasteiger partial charge in [0.25, 0.3) is 0 Å². The van der Waals surface area contributed by atoms with E-state index in [1.54, 1.807) is 14.2 Å². The van der Waals surface area contributed by atoms with E-state index in [-0.39, 0.29) is 12.1 Å². The highest BCUT2D eigenvalue weighted by molar-refractivity contribution is 7.80. The number of benzene rings is 1. The van der Waals surface area contributed by atoms with E-state index >= 15 is 0 Å². The van der Waals surface area contributed by atoms with Crippen molar-refractivity contribution in [2.24, 2.45) is 0 Å². The molecule has 0 spiro atoms. The number of thiocarbonyl (C=S) groups is 1. The first-order chi connectivity index (χ1) is 14.2. The summed E-state index contributed by atoms with van der Waals surface area (Å²) in [6, 6.07) is 18.1. The van der Waals surface area contributed by atoms with Crippen LogP contribution >= 0.6 is 12.2 Å². The van der Waals surface area contributed by atoms with Gasteiger partial charge in [0.2, 0.25) is 0 Å². The van der Waals surface area contributed by atoms with E-state index in [0.717, 1.165) is 22.8 Å². The monoisotopic (exact) mass is 408 g/mol. The van der Waals surface area contributed by atoms with Gasteiger partial charge in [-0.1, -0.05) is 6.07 Å². The van der Waals surface area contributed by atoms with Crippen LogP contribution in [0, 0.1) is 0 Å². The zero-order valence-corrected chi connectivity index (χ0v) is 17.3. The lowest BCUT2D eigenvalue weighted by Gasteiger charge is -2.28. The summed E-state index contributed by atoms with van der Waals surface area (Å²) >= 11 is 5.68. The third-order valence-electron chi connectivity index (χ3n) is 5.17. The molecule has 1 saturated heterocycles. The molecular weight excluding hydrogens is 384 g/mol. The molecule has 6 nitrogen and oxygen atoms in total. The van der Waals surface area contributed by atoms with Gasteiger partial charge in [-0.25, -0.2) is 0 Å². The fourth-order valence-corrected chi connectivity index (χ4v) is 4.10. The Morgan fingerprint density at radius 2 is 1.90 bits per heavy atom. The van der Waals surface area contributed by atoms with Crippen LogP contribution in [0.2, 0.25) is 0 Å². The van der Waals surface area contributed by atoms with Gasteiger partial charge in [-0.2, -0.15) is 0 Å². The van der Waals surface area contributed by atoms with Crippen LogP contribution in [0.5, 0.6) is 5.75 Å². The Labute approximate surface area is 176 Å². The predicted molar refractivity (Wildman–Crippen MR) is 116 cm³/mol. The Morgan fingerprint density at radius 3 is 2.59 bits per heavy atom. The lowest BCUT2D eigenvalue weighted by atomic mass is 10.0. The highest BCUT2D eigenvalue weighted by Gasteiger charge is 2.40. The van der Waals surface area contributed by atoms with E-state index < -0.39 is 0 Å². The van der Waals surface area contributed by atoms with E-state index in [9.17, 15) is 0 Å². The van der Waals surface area contributed by atoms with Crippen molar-refractivity contribution in [2.45, 2.75) is 12.1 Å². The van der Waals surface area contributed by atoms with Gasteiger partial charge in [0.15, 0.2) is 5.11 Å². The molecule has 1 aliphatic heterocycles. The van der Waals surface area contributed by atoms with Gasteiger partial charge >= 0.3 is 0 Å². The van der Waals surface area contributed by atoms with Crippen LogP contribution < -0.4 is 10.1 Å². The van der Waals surface area contributed by atoms with Crippen LogP contribution in [0.25, 0.3) is 5.69 Å². The largest absolute Gasteiger partial charge is 0.497 e. The number of nitrogens with one attached hydrogen (secondary N) is 1. The quantitative estimate of drug-likeness (QED) is 0.604. The molecule has 29 heavy (non-hydrogen) atoms. The topological polar surface area (TPSA) is 51.5 Å². The molecule has 0 unspecified atom stereocenters. The zero-order chi connectivity index (χ0) is 20.2. The molecule has 150 valence electrons. The summed E-state index contributed by atoms with van der Waals surface area (Å²) in [4.78, 5) is 6.78. The van der Waals surface area contributed by atoms with Crippen LogP contribution in [0.4, 0.5) is 0 Å². The van der Waals surface area contributed by atoms with Crippen LogP contribution in [-0.2, 0) is 4.74 Å². The normalized spacial score (nSPS) is 18.7. The maximum absolute atomic E-state index is 5.68. The maximum atomic E-state index is 5.68. The van der Waals surface area contributed by atoms with E-state index in [1.807, 2.05) is 36.5 Å². The van der Waals surface area contributed by atoms with Gasteiger partial charge in [-0.15, -0.1) is 0 Å². The fraction of sp³-hybridized carbons (Fsp3) is 0.273. The van der Waals surface area contributed by atoms with Crippen molar-refractivity contribution in [1.82, 2.24) is 19.8 Å². The Balaban J connectivity index is 1.76. The van der Waals surface area contributed by atoms with Crippen LogP contribution in [0.3, 0.4) is 0 Å². The summed E-state index contributed by atoms with van der Waals surface area (Å²) in [5.41, 5.74) is 3.16. The number of hydrogen-bond acceptors (Lipinski definition) is 4. The molecule has 1 aromatic carbocycles. The minimum absolute atomic E-state index is 0.00958. The Kier molecular flexibility index (Phi) is 5.78. The van der Waals surface area contributed by atoms with E-state index in [4.69, 9.17) is 21.7 Å². The number of rotatable bonds is 7. The standard InChI is InChI=1S/C22H24N4O2S/c1-27-15-14-26-21(20(24-22(26)29)18-6-3-4-12-23-18)19-7-5-13-25(19)16-8-10-17(28-2)11-9-16/h3-13,20-21H,14-15H2,1-2H3,(H,24,29)/t20-,21+/m1/s1. The molecule has 0 amide bonds. The second kappa shape index (κ2) is 8.63. The summed E-state index contributed by atoms with van der Waals surface area (Å²) in [6.45, 7) is 1.29. The highest BCUT2D eigenvalue weighted by Crippen LogP contribution is 2.39. The minimum atomic E-state index is -0.0487. The molecule has 1 fully saturated rings. The SMILES string of the molecule is COCCN1C(=S)N[C@H](c2ccccn2)[C@@H]1c1cccn1-c1ccc(OC)cc1. The average molecular weight is 409 g/mol. The molecule has 3 aromatic rings. The van der Waals surface area contributed by atoms with Crippen LogP contribution in [-0.4, -0.2) is 46.9 Å². The van der Waals surface area contributed by atoms with Crippen molar-refractivity contribution in [3.63, 3.8) is 0 Å². The van der Waals surface area contributed by atoms with Gasteiger partial charge in [-0.05, 0) is 60.7 Å². The summed E-state index contributed by atoms with van der Waals surface area (Å²) < 4.78 is 12.8. The second-order valence-electron chi connectivity index (χ2n) is 6.81. The number of pyridine rings is 1. The van der Waals surface area contributed by atoms with Gasteiger partial charge in [-0.3, -0.25) is 4.98 Å². The molecule has 0 aliphatic carbocycles. The lowest BCUT2D eigenvalue weighted by Crippen LogP contribution is -2.33. The summed E-state index contributed by atoms with van der Waals surface area (Å²) in [5.74, 6) is 0.833. The molecule has 1 aliphatic rings. The van der Waals surface area contributed by atoms with E-state index in [2.05, 4.69) is 50.2 Å². The number of hydrogen-bond donors (Lipinski definition) is 1. The predicted octanol–water partition coefficient (Wildman–Crippen LogP) is 3.50. The number of aromatic nitrogens is 2. The van der Waals surface area contributed by atoms with E-state index in [0.29, 0.717) is 18.3 Å². The zero-order valence-electron chi connectivity index (χ0n) is 16.5. The number of ether oxygens (including phenoxy) is 2. The highest BCUT2D eigenvalue weighted by atomic mass is 32.1. The van der Waals surface area contributed by atoms with Crippen molar-refractivity contribution in [2.75, 3.05) is 27.4 Å². The van der Waals surface area contributed by atoms with Crippen LogP contribution in [0.1, 0.15) is 23.5 Å². The molecule has 0 radical (unpaired) electrons. The summed E-state index contributed by atoms with van der Waals surface area (Å²) in [6.07, 6.45) is 3.89. The first-order valence-corrected chi connectivity index (χ1v) is 9.92. The molecule has 3 heterocycles. The van der Waals surface area contributed by atoms with Crippen molar-refractivity contribution < 1.29 is 9.47 Å². The molecule has 1 N–H and O–H groups in total.